The molecule has 2 aromatic rings. The Morgan fingerprint density at radius 3 is 2.30 bits per heavy atom. The molecule has 2 rings (SSSR count). The van der Waals surface area contributed by atoms with Crippen LogP contribution in [0.2, 0.25) is 0 Å². The largest absolute Gasteiger partial charge is 0.494 e. The number of ether oxygens (including phenoxy) is 1. The Kier molecular flexibility index (Phi) is 4.75. The lowest BCUT2D eigenvalue weighted by molar-refractivity contribution is 0.386. The van der Waals surface area contributed by atoms with Crippen molar-refractivity contribution in [3.8, 4) is 5.75 Å². The van der Waals surface area contributed by atoms with Crippen molar-refractivity contribution in [1.29, 1.82) is 0 Å². The van der Waals surface area contributed by atoms with Crippen LogP contribution in [0.4, 0.5) is 13.2 Å². The molecule has 0 spiro atoms. The fraction of sp³-hybridized carbons (Fsp3) is 0.143. The SMILES string of the molecule is COc1ccc(C(Br)c2cc(F)c(Br)cc2F)cc1F. The normalized spacial score (nSPS) is 12.3. The Hall–Kier alpha value is -1.01. The van der Waals surface area contributed by atoms with Crippen LogP contribution in [0.15, 0.2) is 34.8 Å². The van der Waals surface area contributed by atoms with Crippen molar-refractivity contribution < 1.29 is 17.9 Å². The van der Waals surface area contributed by atoms with Gasteiger partial charge in [0.25, 0.3) is 0 Å². The highest BCUT2D eigenvalue weighted by Crippen LogP contribution is 2.35. The molecule has 106 valence electrons. The molecule has 2 aromatic carbocycles. The van der Waals surface area contributed by atoms with Gasteiger partial charge in [-0.1, -0.05) is 22.0 Å². The summed E-state index contributed by atoms with van der Waals surface area (Å²) in [6.45, 7) is 0. The van der Waals surface area contributed by atoms with Crippen LogP contribution >= 0.6 is 31.9 Å². The topological polar surface area (TPSA) is 9.23 Å². The predicted molar refractivity (Wildman–Crippen MR) is 77.8 cm³/mol. The number of rotatable bonds is 3. The van der Waals surface area contributed by atoms with Crippen LogP contribution in [0.25, 0.3) is 0 Å². The Morgan fingerprint density at radius 1 is 1.00 bits per heavy atom. The maximum absolute atomic E-state index is 13.9. The van der Waals surface area contributed by atoms with Crippen LogP contribution in [0, 0.1) is 17.5 Å². The van der Waals surface area contributed by atoms with E-state index in [4.69, 9.17) is 4.74 Å². The second kappa shape index (κ2) is 6.18. The first-order chi connectivity index (χ1) is 9.43. The lowest BCUT2D eigenvalue weighted by Crippen LogP contribution is -2.00. The van der Waals surface area contributed by atoms with Gasteiger partial charge in [-0.3, -0.25) is 0 Å². The van der Waals surface area contributed by atoms with E-state index in [9.17, 15) is 13.2 Å². The van der Waals surface area contributed by atoms with Crippen molar-refractivity contribution in [2.24, 2.45) is 0 Å². The number of alkyl halides is 1. The van der Waals surface area contributed by atoms with E-state index in [2.05, 4.69) is 31.9 Å². The highest BCUT2D eigenvalue weighted by Gasteiger charge is 2.19. The van der Waals surface area contributed by atoms with Crippen molar-refractivity contribution in [1.82, 2.24) is 0 Å². The smallest absolute Gasteiger partial charge is 0.165 e. The van der Waals surface area contributed by atoms with Crippen LogP contribution < -0.4 is 4.74 Å². The molecule has 0 amide bonds. The van der Waals surface area contributed by atoms with E-state index in [1.165, 1.54) is 19.2 Å². The number of hydrogen-bond donors (Lipinski definition) is 0. The molecule has 0 aliphatic heterocycles. The average molecular weight is 410 g/mol. The number of methoxy groups -OCH3 is 1. The molecule has 1 unspecified atom stereocenters. The lowest BCUT2D eigenvalue weighted by Gasteiger charge is -2.13. The van der Waals surface area contributed by atoms with Gasteiger partial charge in [0.15, 0.2) is 11.6 Å². The summed E-state index contributed by atoms with van der Waals surface area (Å²) in [7, 11) is 1.35. The summed E-state index contributed by atoms with van der Waals surface area (Å²) < 4.78 is 45.9. The number of hydrogen-bond acceptors (Lipinski definition) is 1. The van der Waals surface area contributed by atoms with Crippen LogP contribution in [-0.2, 0) is 0 Å². The quantitative estimate of drug-likeness (QED) is 0.489. The molecule has 1 nitrogen and oxygen atoms in total. The van der Waals surface area contributed by atoms with Gasteiger partial charge in [0.05, 0.1) is 16.4 Å². The number of halogens is 5. The Balaban J connectivity index is 2.43. The van der Waals surface area contributed by atoms with E-state index in [0.717, 1.165) is 12.1 Å². The third-order valence-corrected chi connectivity index (χ3v) is 4.41. The van der Waals surface area contributed by atoms with E-state index in [0.29, 0.717) is 5.56 Å². The van der Waals surface area contributed by atoms with Crippen LogP contribution in [0.5, 0.6) is 5.75 Å². The summed E-state index contributed by atoms with van der Waals surface area (Å²) in [5.74, 6) is -1.64. The van der Waals surface area contributed by atoms with Gasteiger partial charge >= 0.3 is 0 Å². The Morgan fingerprint density at radius 2 is 1.70 bits per heavy atom. The highest BCUT2D eigenvalue weighted by molar-refractivity contribution is 9.10. The van der Waals surface area contributed by atoms with Gasteiger partial charge in [-0.15, -0.1) is 0 Å². The van der Waals surface area contributed by atoms with Gasteiger partial charge in [0, 0.05) is 5.56 Å². The molecule has 0 aromatic heterocycles. The van der Waals surface area contributed by atoms with Gasteiger partial charge in [0.2, 0.25) is 0 Å². The fourth-order valence-corrected chi connectivity index (χ4v) is 2.70. The zero-order valence-electron chi connectivity index (χ0n) is 10.3. The maximum atomic E-state index is 13.9. The molecule has 0 saturated heterocycles. The monoisotopic (exact) mass is 408 g/mol. The minimum Gasteiger partial charge on any atom is -0.494 e. The molecule has 0 aliphatic carbocycles. The standard InChI is InChI=1S/C14H9Br2F3O/c1-20-13-3-2-7(4-12(13)19)14(16)8-5-11(18)9(15)6-10(8)17/h2-6,14H,1H3. The minimum absolute atomic E-state index is 0.0411. The molecule has 0 fully saturated rings. The summed E-state index contributed by atoms with van der Waals surface area (Å²) in [6, 6.07) is 6.35. The molecule has 0 aliphatic rings. The molecule has 0 radical (unpaired) electrons. The van der Waals surface area contributed by atoms with E-state index in [1.807, 2.05) is 0 Å². The summed E-state index contributed by atoms with van der Waals surface area (Å²) in [5.41, 5.74) is 0.555. The Bertz CT molecular complexity index is 647. The zero-order chi connectivity index (χ0) is 14.9. The van der Waals surface area contributed by atoms with Gasteiger partial charge in [-0.25, -0.2) is 13.2 Å². The second-order valence-corrected chi connectivity index (χ2v) is 5.81. The fourth-order valence-electron chi connectivity index (χ4n) is 1.75. The maximum Gasteiger partial charge on any atom is 0.165 e. The lowest BCUT2D eigenvalue weighted by atomic mass is 10.0. The first-order valence-corrected chi connectivity index (χ1v) is 7.27. The van der Waals surface area contributed by atoms with Crippen molar-refractivity contribution in [2.45, 2.75) is 4.83 Å². The zero-order valence-corrected chi connectivity index (χ0v) is 13.4. The van der Waals surface area contributed by atoms with Gasteiger partial charge < -0.3 is 4.74 Å². The molecule has 0 saturated carbocycles. The molecule has 20 heavy (non-hydrogen) atoms. The molecule has 0 N–H and O–H groups in total. The second-order valence-electron chi connectivity index (χ2n) is 4.04. The third-order valence-electron chi connectivity index (χ3n) is 2.78. The van der Waals surface area contributed by atoms with Crippen LogP contribution in [-0.4, -0.2) is 7.11 Å². The van der Waals surface area contributed by atoms with Crippen molar-refractivity contribution in [2.75, 3.05) is 7.11 Å². The molecular formula is C14H9Br2F3O. The van der Waals surface area contributed by atoms with E-state index in [1.54, 1.807) is 6.07 Å². The number of benzene rings is 2. The van der Waals surface area contributed by atoms with Crippen molar-refractivity contribution in [3.63, 3.8) is 0 Å². The molecule has 0 bridgehead atoms. The summed E-state index contributed by atoms with van der Waals surface area (Å²) in [5, 5.41) is 0. The predicted octanol–water partition coefficient (Wildman–Crippen LogP) is 5.36. The summed E-state index contributed by atoms with van der Waals surface area (Å²) >= 11 is 6.16. The van der Waals surface area contributed by atoms with Gasteiger partial charge in [-0.2, -0.15) is 0 Å². The van der Waals surface area contributed by atoms with Gasteiger partial charge in [0.1, 0.15) is 11.6 Å². The average Bonchev–Trinajstić information content (AvgIpc) is 2.42. The summed E-state index contributed by atoms with van der Waals surface area (Å²) in [6.07, 6.45) is 0. The van der Waals surface area contributed by atoms with Crippen molar-refractivity contribution in [3.05, 3.63) is 63.4 Å². The van der Waals surface area contributed by atoms with Crippen LogP contribution in [0.3, 0.4) is 0 Å². The Labute approximate surface area is 131 Å². The minimum atomic E-state index is -0.662. The van der Waals surface area contributed by atoms with Crippen LogP contribution in [0.1, 0.15) is 16.0 Å². The first kappa shape index (κ1) is 15.4. The highest BCUT2D eigenvalue weighted by atomic mass is 79.9. The van der Waals surface area contributed by atoms with Gasteiger partial charge in [-0.05, 0) is 45.8 Å². The molecule has 6 heteroatoms. The van der Waals surface area contributed by atoms with Crippen molar-refractivity contribution >= 4 is 31.9 Å². The van der Waals surface area contributed by atoms with E-state index < -0.39 is 22.3 Å². The third kappa shape index (κ3) is 3.01. The summed E-state index contributed by atoms with van der Waals surface area (Å²) in [4.78, 5) is -0.662. The first-order valence-electron chi connectivity index (χ1n) is 5.56. The molecule has 0 heterocycles. The van der Waals surface area contributed by atoms with E-state index in [-0.39, 0.29) is 15.8 Å². The molecule has 1 atom stereocenters. The van der Waals surface area contributed by atoms with E-state index >= 15 is 0 Å². The molecular weight excluding hydrogens is 401 g/mol.